The molecule has 0 atom stereocenters. The summed E-state index contributed by atoms with van der Waals surface area (Å²) < 4.78 is 10.8. The van der Waals surface area contributed by atoms with Gasteiger partial charge in [-0.05, 0) is 60.9 Å². The smallest absolute Gasteiger partial charge is 0.282 e. The van der Waals surface area contributed by atoms with Crippen molar-refractivity contribution in [1.82, 2.24) is 5.43 Å². The van der Waals surface area contributed by atoms with Crippen molar-refractivity contribution in [1.29, 1.82) is 0 Å². The fourth-order valence-electron chi connectivity index (χ4n) is 2.88. The summed E-state index contributed by atoms with van der Waals surface area (Å²) in [6, 6.07) is 8.79. The molecule has 2 aromatic rings. The zero-order chi connectivity index (χ0) is 21.1. The van der Waals surface area contributed by atoms with E-state index in [2.05, 4.69) is 12.0 Å². The van der Waals surface area contributed by atoms with Crippen LogP contribution in [0.15, 0.2) is 48.6 Å². The van der Waals surface area contributed by atoms with Gasteiger partial charge < -0.3 is 9.47 Å². The Hall–Kier alpha value is -3.25. The first kappa shape index (κ1) is 20.5. The summed E-state index contributed by atoms with van der Waals surface area (Å²) in [4.78, 5) is 25.3. The number of aryl methyl sites for hydroxylation is 2. The van der Waals surface area contributed by atoms with Gasteiger partial charge in [0.2, 0.25) is 0 Å². The van der Waals surface area contributed by atoms with Crippen molar-refractivity contribution < 1.29 is 19.1 Å². The molecule has 3 rings (SSSR count). The van der Waals surface area contributed by atoms with E-state index >= 15 is 0 Å². The lowest BCUT2D eigenvalue weighted by Crippen LogP contribution is -2.35. The van der Waals surface area contributed by atoms with Crippen molar-refractivity contribution in [2.75, 3.05) is 18.7 Å². The summed E-state index contributed by atoms with van der Waals surface area (Å²) in [5.41, 5.74) is 5.85. The maximum absolute atomic E-state index is 12.8. The van der Waals surface area contributed by atoms with Gasteiger partial charge in [0.25, 0.3) is 11.8 Å². The van der Waals surface area contributed by atoms with Gasteiger partial charge in [0.15, 0.2) is 11.5 Å². The number of hydrogen-bond donors (Lipinski definition) is 1. The number of methoxy groups -OCH3 is 1. The number of nitrogens with zero attached hydrogens (tertiary/aromatic N) is 1. The Labute approximate surface area is 174 Å². The fourth-order valence-corrected chi connectivity index (χ4v) is 3.15. The standard InChI is InChI=1S/C22H21ClN2O4/c1-5-8-29-20-18(23)11-15(12-19(20)28-4)10-17-21(26)24-25(22(17)27)16-7-6-13(2)14(3)9-16/h5-7,9-12H,1,8H2,2-4H3,(H,24,26)/b17-10+. The molecule has 150 valence electrons. The van der Waals surface area contributed by atoms with Crippen LogP contribution in [0.2, 0.25) is 5.02 Å². The Morgan fingerprint density at radius 3 is 2.59 bits per heavy atom. The zero-order valence-electron chi connectivity index (χ0n) is 16.4. The molecule has 1 N–H and O–H groups in total. The van der Waals surface area contributed by atoms with Gasteiger partial charge in [-0.2, -0.15) is 0 Å². The van der Waals surface area contributed by atoms with E-state index in [0.717, 1.165) is 11.1 Å². The second-order valence-electron chi connectivity index (χ2n) is 6.54. The molecule has 0 bridgehead atoms. The Morgan fingerprint density at radius 2 is 1.93 bits per heavy atom. The van der Waals surface area contributed by atoms with Crippen LogP contribution < -0.4 is 19.9 Å². The number of ether oxygens (including phenoxy) is 2. The molecule has 1 heterocycles. The molecule has 29 heavy (non-hydrogen) atoms. The number of hydrazine groups is 1. The van der Waals surface area contributed by atoms with E-state index in [9.17, 15) is 9.59 Å². The summed E-state index contributed by atoms with van der Waals surface area (Å²) in [6.45, 7) is 7.79. The van der Waals surface area contributed by atoms with Crippen molar-refractivity contribution in [2.45, 2.75) is 13.8 Å². The van der Waals surface area contributed by atoms with Crippen LogP contribution in [0.5, 0.6) is 11.5 Å². The van der Waals surface area contributed by atoms with E-state index in [-0.39, 0.29) is 12.2 Å². The maximum Gasteiger partial charge on any atom is 0.282 e. The second kappa shape index (κ2) is 8.41. The number of anilines is 1. The van der Waals surface area contributed by atoms with Gasteiger partial charge in [0.1, 0.15) is 12.2 Å². The Bertz CT molecular complexity index is 1030. The lowest BCUT2D eigenvalue weighted by atomic mass is 10.1. The molecule has 0 radical (unpaired) electrons. The highest BCUT2D eigenvalue weighted by molar-refractivity contribution is 6.33. The summed E-state index contributed by atoms with van der Waals surface area (Å²) in [7, 11) is 1.48. The quantitative estimate of drug-likeness (QED) is 0.442. The van der Waals surface area contributed by atoms with Crippen molar-refractivity contribution in [3.8, 4) is 11.5 Å². The van der Waals surface area contributed by atoms with E-state index in [4.69, 9.17) is 21.1 Å². The largest absolute Gasteiger partial charge is 0.493 e. The van der Waals surface area contributed by atoms with E-state index in [1.54, 1.807) is 24.3 Å². The van der Waals surface area contributed by atoms with E-state index < -0.39 is 11.8 Å². The van der Waals surface area contributed by atoms with Gasteiger partial charge in [-0.3, -0.25) is 15.0 Å². The predicted molar refractivity (Wildman–Crippen MR) is 113 cm³/mol. The van der Waals surface area contributed by atoms with E-state index in [1.807, 2.05) is 26.0 Å². The molecule has 0 aliphatic carbocycles. The average molecular weight is 413 g/mol. The molecule has 0 spiro atoms. The fraction of sp³-hybridized carbons (Fsp3) is 0.182. The molecule has 7 heteroatoms. The number of rotatable bonds is 6. The van der Waals surface area contributed by atoms with E-state index in [1.165, 1.54) is 18.2 Å². The molecule has 0 saturated carbocycles. The molecular weight excluding hydrogens is 392 g/mol. The highest BCUT2D eigenvalue weighted by Crippen LogP contribution is 2.37. The van der Waals surface area contributed by atoms with Crippen LogP contribution in [0.3, 0.4) is 0 Å². The van der Waals surface area contributed by atoms with Crippen molar-refractivity contribution in [3.05, 3.63) is 70.3 Å². The molecule has 2 amide bonds. The summed E-state index contributed by atoms with van der Waals surface area (Å²) in [6.07, 6.45) is 3.07. The second-order valence-corrected chi connectivity index (χ2v) is 6.95. The van der Waals surface area contributed by atoms with Gasteiger partial charge >= 0.3 is 0 Å². The van der Waals surface area contributed by atoms with Crippen LogP contribution >= 0.6 is 11.6 Å². The van der Waals surface area contributed by atoms with Gasteiger partial charge in [-0.15, -0.1) is 0 Å². The third kappa shape index (κ3) is 4.12. The SMILES string of the molecule is C=CCOc1c(Cl)cc(/C=C2\C(=O)NN(c3ccc(C)c(C)c3)C2=O)cc1OC. The topological polar surface area (TPSA) is 67.9 Å². The normalized spacial score (nSPS) is 14.9. The van der Waals surface area contributed by atoms with Crippen LogP contribution in [-0.2, 0) is 9.59 Å². The van der Waals surface area contributed by atoms with Crippen LogP contribution in [0.25, 0.3) is 6.08 Å². The first-order chi connectivity index (χ1) is 13.8. The van der Waals surface area contributed by atoms with Crippen molar-refractivity contribution in [3.63, 3.8) is 0 Å². The Kier molecular flexibility index (Phi) is 5.94. The van der Waals surface area contributed by atoms with Crippen LogP contribution in [-0.4, -0.2) is 25.5 Å². The first-order valence-corrected chi connectivity index (χ1v) is 9.29. The maximum atomic E-state index is 12.8. The van der Waals surface area contributed by atoms with Crippen LogP contribution in [0, 0.1) is 13.8 Å². The van der Waals surface area contributed by atoms with Gasteiger partial charge in [-0.1, -0.05) is 30.3 Å². The monoisotopic (exact) mass is 412 g/mol. The minimum atomic E-state index is -0.490. The highest BCUT2D eigenvalue weighted by Gasteiger charge is 2.34. The van der Waals surface area contributed by atoms with Gasteiger partial charge in [0, 0.05) is 0 Å². The van der Waals surface area contributed by atoms with Crippen LogP contribution in [0.1, 0.15) is 16.7 Å². The number of nitrogens with one attached hydrogen (secondary N) is 1. The summed E-state index contributed by atoms with van der Waals surface area (Å²) >= 11 is 6.30. The van der Waals surface area contributed by atoms with Gasteiger partial charge in [0.05, 0.1) is 17.8 Å². The number of benzene rings is 2. The number of carbonyl (C=O) groups is 2. The van der Waals surface area contributed by atoms with Gasteiger partial charge in [-0.25, -0.2) is 5.01 Å². The summed E-state index contributed by atoms with van der Waals surface area (Å²) in [5, 5.41) is 1.54. The lowest BCUT2D eigenvalue weighted by molar-refractivity contribution is -0.117. The molecule has 1 fully saturated rings. The average Bonchev–Trinajstić information content (AvgIpc) is 2.97. The highest BCUT2D eigenvalue weighted by atomic mass is 35.5. The van der Waals surface area contributed by atoms with Crippen LogP contribution in [0.4, 0.5) is 5.69 Å². The van der Waals surface area contributed by atoms with Crippen molar-refractivity contribution >= 4 is 35.2 Å². The lowest BCUT2D eigenvalue weighted by Gasteiger charge is -2.16. The Morgan fingerprint density at radius 1 is 1.17 bits per heavy atom. The molecule has 2 aromatic carbocycles. The summed E-state index contributed by atoms with van der Waals surface area (Å²) in [5.74, 6) is -0.172. The minimum Gasteiger partial charge on any atom is -0.493 e. The molecule has 0 unspecified atom stereocenters. The third-order valence-corrected chi connectivity index (χ3v) is 4.83. The number of halogens is 1. The number of carbonyl (C=O) groups excluding carboxylic acids is 2. The molecular formula is C22H21ClN2O4. The molecule has 0 aromatic heterocycles. The number of hydrogen-bond acceptors (Lipinski definition) is 4. The first-order valence-electron chi connectivity index (χ1n) is 8.91. The number of amides is 2. The van der Waals surface area contributed by atoms with E-state index in [0.29, 0.717) is 27.8 Å². The van der Waals surface area contributed by atoms with Crippen molar-refractivity contribution in [2.24, 2.45) is 0 Å². The third-order valence-electron chi connectivity index (χ3n) is 4.55. The minimum absolute atomic E-state index is 0.00103. The predicted octanol–water partition coefficient (Wildman–Crippen LogP) is 3.99. The zero-order valence-corrected chi connectivity index (χ0v) is 17.2. The Balaban J connectivity index is 1.94. The molecule has 1 saturated heterocycles. The molecule has 1 aliphatic rings. The molecule has 6 nitrogen and oxygen atoms in total. The molecule has 1 aliphatic heterocycles.